The highest BCUT2D eigenvalue weighted by atomic mass is 35.5. The number of aliphatic hydroxyl groups is 1. The molecule has 0 atom stereocenters. The smallest absolute Gasteiger partial charge is 0.191 e. The van der Waals surface area contributed by atoms with Crippen LogP contribution in [0.25, 0.3) is 0 Å². The van der Waals surface area contributed by atoms with Crippen LogP contribution < -0.4 is 0 Å². The van der Waals surface area contributed by atoms with Gasteiger partial charge in [0.05, 0.1) is 5.75 Å². The Balaban J connectivity index is 1.95. The molecular formula is C13H12ClN3OS. The Morgan fingerprint density at radius 2 is 2.26 bits per heavy atom. The average Bonchev–Trinajstić information content (AvgIpc) is 2.76. The minimum absolute atomic E-state index is 0.113. The van der Waals surface area contributed by atoms with Crippen LogP contribution in [-0.2, 0) is 13.7 Å². The van der Waals surface area contributed by atoms with Crippen molar-refractivity contribution in [2.75, 3.05) is 5.75 Å². The molecule has 0 aliphatic carbocycles. The van der Waals surface area contributed by atoms with Gasteiger partial charge >= 0.3 is 0 Å². The Bertz CT molecular complexity index is 630. The Morgan fingerprint density at radius 3 is 2.95 bits per heavy atom. The standard InChI is InChI=1S/C13H12ClN3OS/c1-17-12(9-18)15-16-13(17)19-7-3-5-10-4-2-6-11(14)8-10/h2,4,6,8,18H,7,9H2,1H3. The van der Waals surface area contributed by atoms with E-state index in [9.17, 15) is 0 Å². The fourth-order valence-corrected chi connectivity index (χ4v) is 2.27. The molecule has 2 rings (SSSR count). The molecule has 0 unspecified atom stereocenters. The molecule has 4 nitrogen and oxygen atoms in total. The molecule has 98 valence electrons. The molecule has 0 saturated carbocycles. The molecule has 0 aliphatic rings. The predicted octanol–water partition coefficient (Wildman–Crippen LogP) is 2.10. The highest BCUT2D eigenvalue weighted by Gasteiger charge is 2.06. The SMILES string of the molecule is Cn1c(CO)nnc1SCC#Cc1cccc(Cl)c1. The number of rotatable bonds is 3. The molecule has 0 bridgehead atoms. The molecule has 0 aliphatic heterocycles. The highest BCUT2D eigenvalue weighted by Crippen LogP contribution is 2.15. The van der Waals surface area contributed by atoms with E-state index in [1.54, 1.807) is 4.57 Å². The van der Waals surface area contributed by atoms with Crippen molar-refractivity contribution in [3.63, 3.8) is 0 Å². The first-order valence-electron chi connectivity index (χ1n) is 5.57. The normalized spacial score (nSPS) is 10.1. The van der Waals surface area contributed by atoms with E-state index < -0.39 is 0 Å². The maximum absolute atomic E-state index is 9.00. The molecule has 6 heteroatoms. The lowest BCUT2D eigenvalue weighted by Crippen LogP contribution is -1.98. The first-order valence-corrected chi connectivity index (χ1v) is 6.93. The van der Waals surface area contributed by atoms with E-state index >= 15 is 0 Å². The van der Waals surface area contributed by atoms with Gasteiger partial charge in [0.2, 0.25) is 0 Å². The summed E-state index contributed by atoms with van der Waals surface area (Å²) in [5.74, 6) is 7.22. The zero-order valence-electron chi connectivity index (χ0n) is 10.3. The number of aliphatic hydroxyl groups excluding tert-OH is 1. The Labute approximate surface area is 120 Å². The summed E-state index contributed by atoms with van der Waals surface area (Å²) in [7, 11) is 1.82. The molecule has 19 heavy (non-hydrogen) atoms. The molecule has 0 radical (unpaired) electrons. The quantitative estimate of drug-likeness (QED) is 0.695. The molecule has 1 heterocycles. The molecule has 0 saturated heterocycles. The van der Waals surface area contributed by atoms with Crippen molar-refractivity contribution in [1.29, 1.82) is 0 Å². The minimum atomic E-state index is -0.113. The Morgan fingerprint density at radius 1 is 1.42 bits per heavy atom. The largest absolute Gasteiger partial charge is 0.388 e. The van der Waals surface area contributed by atoms with Gasteiger partial charge in [-0.15, -0.1) is 10.2 Å². The van der Waals surface area contributed by atoms with Crippen molar-refractivity contribution in [3.05, 3.63) is 40.7 Å². The molecule has 1 aromatic heterocycles. The van der Waals surface area contributed by atoms with E-state index in [0.29, 0.717) is 16.6 Å². The number of benzene rings is 1. The van der Waals surface area contributed by atoms with E-state index in [2.05, 4.69) is 22.0 Å². The lowest BCUT2D eigenvalue weighted by atomic mass is 10.2. The minimum Gasteiger partial charge on any atom is -0.388 e. The summed E-state index contributed by atoms with van der Waals surface area (Å²) >= 11 is 7.35. The van der Waals surface area contributed by atoms with Gasteiger partial charge in [-0.05, 0) is 18.2 Å². The van der Waals surface area contributed by atoms with Crippen LogP contribution in [0.15, 0.2) is 29.4 Å². The molecular weight excluding hydrogens is 282 g/mol. The summed E-state index contributed by atoms with van der Waals surface area (Å²) in [5, 5.41) is 18.3. The van der Waals surface area contributed by atoms with Crippen LogP contribution in [0.1, 0.15) is 11.4 Å². The summed E-state index contributed by atoms with van der Waals surface area (Å²) < 4.78 is 1.76. The average molecular weight is 294 g/mol. The van der Waals surface area contributed by atoms with Crippen LogP contribution in [0.4, 0.5) is 0 Å². The second kappa shape index (κ2) is 6.62. The van der Waals surface area contributed by atoms with Gasteiger partial charge in [0.1, 0.15) is 6.61 Å². The maximum atomic E-state index is 9.00. The van der Waals surface area contributed by atoms with Gasteiger partial charge in [0.15, 0.2) is 11.0 Å². The first kappa shape index (κ1) is 13.9. The van der Waals surface area contributed by atoms with Crippen molar-refractivity contribution in [2.45, 2.75) is 11.8 Å². The topological polar surface area (TPSA) is 50.9 Å². The van der Waals surface area contributed by atoms with Gasteiger partial charge in [-0.2, -0.15) is 0 Å². The Hall–Kier alpha value is -1.48. The Kier molecular flexibility index (Phi) is 4.86. The molecule has 0 fully saturated rings. The predicted molar refractivity (Wildman–Crippen MR) is 76.0 cm³/mol. The number of hydrogen-bond acceptors (Lipinski definition) is 4. The molecule has 0 spiro atoms. The number of halogens is 1. The fourth-order valence-electron chi connectivity index (χ4n) is 1.41. The molecule has 2 aromatic rings. The maximum Gasteiger partial charge on any atom is 0.191 e. The van der Waals surface area contributed by atoms with Crippen LogP contribution in [0.3, 0.4) is 0 Å². The van der Waals surface area contributed by atoms with Gasteiger partial charge in [-0.25, -0.2) is 0 Å². The second-order valence-electron chi connectivity index (χ2n) is 3.72. The molecule has 0 amide bonds. The van der Waals surface area contributed by atoms with Crippen LogP contribution in [0, 0.1) is 11.8 Å². The summed E-state index contributed by atoms with van der Waals surface area (Å²) in [5.41, 5.74) is 0.891. The summed E-state index contributed by atoms with van der Waals surface area (Å²) in [6.45, 7) is -0.113. The van der Waals surface area contributed by atoms with Crippen molar-refractivity contribution >= 4 is 23.4 Å². The highest BCUT2D eigenvalue weighted by molar-refractivity contribution is 7.99. The zero-order valence-corrected chi connectivity index (χ0v) is 11.9. The third-order valence-electron chi connectivity index (χ3n) is 2.40. The van der Waals surface area contributed by atoms with Gasteiger partial charge in [-0.1, -0.05) is 41.3 Å². The second-order valence-corrected chi connectivity index (χ2v) is 5.10. The number of thioether (sulfide) groups is 1. The lowest BCUT2D eigenvalue weighted by Gasteiger charge is -1.98. The van der Waals surface area contributed by atoms with Gasteiger partial charge in [0.25, 0.3) is 0 Å². The number of hydrogen-bond donors (Lipinski definition) is 1. The summed E-state index contributed by atoms with van der Waals surface area (Å²) in [6, 6.07) is 7.42. The van der Waals surface area contributed by atoms with E-state index in [4.69, 9.17) is 16.7 Å². The van der Waals surface area contributed by atoms with Crippen LogP contribution in [-0.4, -0.2) is 25.6 Å². The molecule has 1 N–H and O–H groups in total. The van der Waals surface area contributed by atoms with Crippen LogP contribution in [0.5, 0.6) is 0 Å². The van der Waals surface area contributed by atoms with Gasteiger partial charge < -0.3 is 9.67 Å². The van der Waals surface area contributed by atoms with Crippen LogP contribution in [0.2, 0.25) is 5.02 Å². The number of aromatic nitrogens is 3. The van der Waals surface area contributed by atoms with Crippen LogP contribution >= 0.6 is 23.4 Å². The van der Waals surface area contributed by atoms with E-state index in [-0.39, 0.29) is 6.61 Å². The van der Waals surface area contributed by atoms with E-state index in [1.165, 1.54) is 11.8 Å². The van der Waals surface area contributed by atoms with Crippen molar-refractivity contribution < 1.29 is 5.11 Å². The number of nitrogens with zero attached hydrogens (tertiary/aromatic N) is 3. The van der Waals surface area contributed by atoms with Crippen molar-refractivity contribution in [3.8, 4) is 11.8 Å². The summed E-state index contributed by atoms with van der Waals surface area (Å²) in [4.78, 5) is 0. The fraction of sp³-hybridized carbons (Fsp3) is 0.231. The van der Waals surface area contributed by atoms with Crippen molar-refractivity contribution in [2.24, 2.45) is 7.05 Å². The molecule has 1 aromatic carbocycles. The third kappa shape index (κ3) is 3.74. The van der Waals surface area contributed by atoms with E-state index in [0.717, 1.165) is 10.7 Å². The van der Waals surface area contributed by atoms with Crippen molar-refractivity contribution in [1.82, 2.24) is 14.8 Å². The zero-order chi connectivity index (χ0) is 13.7. The summed E-state index contributed by atoms with van der Waals surface area (Å²) in [6.07, 6.45) is 0. The monoisotopic (exact) mass is 293 g/mol. The lowest BCUT2D eigenvalue weighted by molar-refractivity contribution is 0.266. The third-order valence-corrected chi connectivity index (χ3v) is 3.53. The first-order chi connectivity index (χ1) is 9.20. The van der Waals surface area contributed by atoms with Gasteiger partial charge in [0, 0.05) is 17.6 Å². The van der Waals surface area contributed by atoms with E-state index in [1.807, 2.05) is 31.3 Å². The van der Waals surface area contributed by atoms with Gasteiger partial charge in [-0.3, -0.25) is 0 Å².